The fourth-order valence-corrected chi connectivity index (χ4v) is 4.03. The van der Waals surface area contributed by atoms with E-state index in [0.717, 1.165) is 18.6 Å². The Kier molecular flexibility index (Phi) is 4.50. The van der Waals surface area contributed by atoms with Gasteiger partial charge in [0.15, 0.2) is 0 Å². The maximum Gasteiger partial charge on any atom is 0.275 e. The number of nitrogens with zero attached hydrogens (tertiary/aromatic N) is 3. The number of carbonyl (C=O) groups is 1. The highest BCUT2D eigenvalue weighted by atomic mass is 19.1. The van der Waals surface area contributed by atoms with E-state index in [2.05, 4.69) is 13.8 Å². The molecule has 0 aliphatic carbocycles. The number of amides is 1. The van der Waals surface area contributed by atoms with Gasteiger partial charge in [-0.1, -0.05) is 13.8 Å². The first-order valence-electron chi connectivity index (χ1n) is 9.52. The maximum absolute atomic E-state index is 13.8. The summed E-state index contributed by atoms with van der Waals surface area (Å²) in [6, 6.07) is 8.05. The van der Waals surface area contributed by atoms with Crippen LogP contribution in [-0.2, 0) is 11.3 Å². The first kappa shape index (κ1) is 17.8. The van der Waals surface area contributed by atoms with Crippen LogP contribution in [0.4, 0.5) is 4.39 Å². The normalized spacial score (nSPS) is 20.0. The Morgan fingerprint density at radius 2 is 1.85 bits per heavy atom. The van der Waals surface area contributed by atoms with Gasteiger partial charge in [-0.2, -0.15) is 0 Å². The Hall–Kier alpha value is -2.63. The average Bonchev–Trinajstić information content (AvgIpc) is 3.25. The van der Waals surface area contributed by atoms with Crippen molar-refractivity contribution in [2.24, 2.45) is 11.8 Å². The summed E-state index contributed by atoms with van der Waals surface area (Å²) in [7, 11) is 0. The van der Waals surface area contributed by atoms with Crippen molar-refractivity contribution in [3.63, 3.8) is 0 Å². The first-order chi connectivity index (χ1) is 13.0. The zero-order valence-corrected chi connectivity index (χ0v) is 15.7. The fraction of sp³-hybridized carbons (Fsp3) is 0.429. The predicted molar refractivity (Wildman–Crippen MR) is 103 cm³/mol. The fourth-order valence-electron chi connectivity index (χ4n) is 4.03. The minimum Gasteiger partial charge on any atom is -0.342 e. The number of hydrogen-bond donors (Lipinski definition) is 0. The van der Waals surface area contributed by atoms with Gasteiger partial charge in [-0.05, 0) is 48.6 Å². The summed E-state index contributed by atoms with van der Waals surface area (Å²) in [6.07, 6.45) is 2.76. The topological polar surface area (TPSA) is 46.7 Å². The van der Waals surface area contributed by atoms with Gasteiger partial charge in [0.2, 0.25) is 5.91 Å². The van der Waals surface area contributed by atoms with E-state index in [0.29, 0.717) is 42.3 Å². The minimum absolute atomic E-state index is 0.137. The molecule has 3 heterocycles. The molecule has 1 aromatic carbocycles. The summed E-state index contributed by atoms with van der Waals surface area (Å²) in [6.45, 7) is 6.36. The van der Waals surface area contributed by atoms with Gasteiger partial charge < -0.3 is 13.9 Å². The molecule has 1 fully saturated rings. The highest BCUT2D eigenvalue weighted by Gasteiger charge is 2.28. The maximum atomic E-state index is 13.8. The van der Waals surface area contributed by atoms with Crippen molar-refractivity contribution in [2.75, 3.05) is 13.1 Å². The highest BCUT2D eigenvalue weighted by molar-refractivity contribution is 5.79. The molecule has 1 aliphatic heterocycles. The lowest BCUT2D eigenvalue weighted by molar-refractivity contribution is -0.130. The molecular formula is C21H24FN3O2. The zero-order valence-electron chi connectivity index (χ0n) is 15.7. The Morgan fingerprint density at radius 1 is 1.11 bits per heavy atom. The number of hydrogen-bond acceptors (Lipinski definition) is 2. The smallest absolute Gasteiger partial charge is 0.275 e. The number of fused-ring (bicyclic) bond motifs is 3. The number of halogens is 1. The molecule has 6 heteroatoms. The Morgan fingerprint density at radius 3 is 2.59 bits per heavy atom. The van der Waals surface area contributed by atoms with Crippen molar-refractivity contribution in [1.82, 2.24) is 13.9 Å². The van der Waals surface area contributed by atoms with Crippen molar-refractivity contribution in [2.45, 2.75) is 33.2 Å². The third-order valence-corrected chi connectivity index (χ3v) is 5.81. The third kappa shape index (κ3) is 3.13. The van der Waals surface area contributed by atoms with Gasteiger partial charge in [-0.3, -0.25) is 9.59 Å². The molecule has 142 valence electrons. The molecule has 1 amide bonds. The summed E-state index contributed by atoms with van der Waals surface area (Å²) in [5.74, 6) is 0.817. The number of likely N-dealkylation sites (tertiary alicyclic amines) is 1. The highest BCUT2D eigenvalue weighted by Crippen LogP contribution is 2.23. The van der Waals surface area contributed by atoms with E-state index in [4.69, 9.17) is 0 Å². The molecule has 3 aromatic rings. The largest absolute Gasteiger partial charge is 0.342 e. The monoisotopic (exact) mass is 369 g/mol. The summed E-state index contributed by atoms with van der Waals surface area (Å²) < 4.78 is 17.2. The molecule has 5 nitrogen and oxygen atoms in total. The number of rotatable bonds is 4. The van der Waals surface area contributed by atoms with Gasteiger partial charge in [0.25, 0.3) is 5.56 Å². The van der Waals surface area contributed by atoms with Crippen LogP contribution in [0, 0.1) is 17.7 Å². The number of carbonyl (C=O) groups excluding carboxylic acids is 1. The second-order valence-corrected chi connectivity index (χ2v) is 7.71. The standard InChI is InChI=1S/C21H24FN3O2/c1-14-12-23(13-15(14)2)20(26)6-4-10-25-19-11-16(22)7-8-17(19)24-9-3-5-18(24)21(25)27/h3,5,7-9,11,14-15H,4,6,10,12-13H2,1-2H3/t14-,15+. The van der Waals surface area contributed by atoms with Gasteiger partial charge in [-0.15, -0.1) is 0 Å². The first-order valence-corrected chi connectivity index (χ1v) is 9.52. The Labute approximate surface area is 157 Å². The molecule has 1 aliphatic rings. The van der Waals surface area contributed by atoms with Crippen molar-refractivity contribution in [3.05, 3.63) is 52.7 Å². The lowest BCUT2D eigenvalue weighted by Gasteiger charge is -2.17. The zero-order chi connectivity index (χ0) is 19.1. The van der Waals surface area contributed by atoms with Crippen LogP contribution in [0.2, 0.25) is 0 Å². The van der Waals surface area contributed by atoms with Crippen LogP contribution >= 0.6 is 0 Å². The van der Waals surface area contributed by atoms with E-state index in [1.54, 1.807) is 27.3 Å². The molecule has 4 rings (SSSR count). The lowest BCUT2D eigenvalue weighted by atomic mass is 10.0. The van der Waals surface area contributed by atoms with Crippen LogP contribution in [0.1, 0.15) is 26.7 Å². The molecule has 0 unspecified atom stereocenters. The van der Waals surface area contributed by atoms with Crippen LogP contribution in [0.25, 0.3) is 16.6 Å². The summed E-state index contributed by atoms with van der Waals surface area (Å²) >= 11 is 0. The van der Waals surface area contributed by atoms with E-state index in [1.165, 1.54) is 12.1 Å². The van der Waals surface area contributed by atoms with Gasteiger partial charge in [-0.25, -0.2) is 4.39 Å². The van der Waals surface area contributed by atoms with Gasteiger partial charge in [0.1, 0.15) is 11.3 Å². The molecular weight excluding hydrogens is 345 g/mol. The van der Waals surface area contributed by atoms with E-state index < -0.39 is 0 Å². The quantitative estimate of drug-likeness (QED) is 0.708. The van der Waals surface area contributed by atoms with Crippen molar-refractivity contribution in [3.8, 4) is 0 Å². The number of aromatic nitrogens is 2. The number of aryl methyl sites for hydroxylation is 1. The molecule has 1 saturated heterocycles. The second kappa shape index (κ2) is 6.83. The van der Waals surface area contributed by atoms with Crippen LogP contribution in [0.15, 0.2) is 41.3 Å². The molecule has 0 saturated carbocycles. The van der Waals surface area contributed by atoms with Gasteiger partial charge in [0, 0.05) is 32.3 Å². The van der Waals surface area contributed by atoms with E-state index in [9.17, 15) is 14.0 Å². The molecule has 0 bridgehead atoms. The van der Waals surface area contributed by atoms with Crippen molar-refractivity contribution >= 4 is 22.5 Å². The third-order valence-electron chi connectivity index (χ3n) is 5.81. The molecule has 2 atom stereocenters. The van der Waals surface area contributed by atoms with E-state index >= 15 is 0 Å². The average molecular weight is 369 g/mol. The lowest BCUT2D eigenvalue weighted by Crippen LogP contribution is -2.29. The van der Waals surface area contributed by atoms with Crippen LogP contribution in [0.3, 0.4) is 0 Å². The summed E-state index contributed by atoms with van der Waals surface area (Å²) in [5, 5.41) is 0. The molecule has 0 radical (unpaired) electrons. The number of benzene rings is 1. The van der Waals surface area contributed by atoms with Gasteiger partial charge >= 0.3 is 0 Å². The van der Waals surface area contributed by atoms with Crippen molar-refractivity contribution in [1.29, 1.82) is 0 Å². The second-order valence-electron chi connectivity index (χ2n) is 7.71. The molecule has 2 aromatic heterocycles. The van der Waals surface area contributed by atoms with Crippen molar-refractivity contribution < 1.29 is 9.18 Å². The van der Waals surface area contributed by atoms with E-state index in [1.807, 2.05) is 11.0 Å². The Bertz CT molecular complexity index is 1060. The Balaban J connectivity index is 1.58. The molecule has 27 heavy (non-hydrogen) atoms. The van der Waals surface area contributed by atoms with Crippen LogP contribution < -0.4 is 5.56 Å². The summed E-state index contributed by atoms with van der Waals surface area (Å²) in [5.41, 5.74) is 1.74. The van der Waals surface area contributed by atoms with E-state index in [-0.39, 0.29) is 17.3 Å². The SMILES string of the molecule is C[C@@H]1CN(C(=O)CCCn2c(=O)c3cccn3c3ccc(F)cc32)C[C@@H]1C. The predicted octanol–water partition coefficient (Wildman–Crippen LogP) is 3.29. The minimum atomic E-state index is -0.377. The molecule has 0 spiro atoms. The van der Waals surface area contributed by atoms with Crippen LogP contribution in [0.5, 0.6) is 0 Å². The summed E-state index contributed by atoms with van der Waals surface area (Å²) in [4.78, 5) is 27.3. The molecule has 0 N–H and O–H groups in total. The van der Waals surface area contributed by atoms with Gasteiger partial charge in [0.05, 0.1) is 11.0 Å². The van der Waals surface area contributed by atoms with Crippen LogP contribution in [-0.4, -0.2) is 32.9 Å².